The van der Waals surface area contributed by atoms with Crippen molar-refractivity contribution in [1.82, 2.24) is 9.88 Å². The standard InChI is InChI=1S/C23H24N2O2/c26-17-3-14-25-15-12-21(13-16-25)27-20-9-6-19(7-10-20)23-11-8-18-4-1-2-5-22(18)24-23/h1-2,4-11,17,21H,3,12-16H2. The van der Waals surface area contributed by atoms with Crippen LogP contribution in [0.1, 0.15) is 19.3 Å². The molecule has 0 radical (unpaired) electrons. The van der Waals surface area contributed by atoms with Gasteiger partial charge in [-0.1, -0.05) is 24.3 Å². The van der Waals surface area contributed by atoms with Crippen LogP contribution in [0.2, 0.25) is 0 Å². The predicted molar refractivity (Wildman–Crippen MR) is 108 cm³/mol. The Morgan fingerprint density at radius 3 is 2.56 bits per heavy atom. The van der Waals surface area contributed by atoms with E-state index in [1.54, 1.807) is 0 Å². The van der Waals surface area contributed by atoms with Gasteiger partial charge in [0.2, 0.25) is 0 Å². The van der Waals surface area contributed by atoms with E-state index >= 15 is 0 Å². The van der Waals surface area contributed by atoms with Gasteiger partial charge in [-0.2, -0.15) is 0 Å². The van der Waals surface area contributed by atoms with Crippen LogP contribution in [-0.2, 0) is 4.79 Å². The second-order valence-corrected chi connectivity index (χ2v) is 7.03. The van der Waals surface area contributed by atoms with E-state index in [0.29, 0.717) is 6.42 Å². The van der Waals surface area contributed by atoms with E-state index in [0.717, 1.165) is 66.7 Å². The molecule has 0 atom stereocenters. The fourth-order valence-corrected chi connectivity index (χ4v) is 3.61. The number of carbonyl (C=O) groups excluding carboxylic acids is 1. The number of carbonyl (C=O) groups is 1. The Morgan fingerprint density at radius 1 is 1.00 bits per heavy atom. The maximum atomic E-state index is 10.5. The van der Waals surface area contributed by atoms with Gasteiger partial charge in [-0.15, -0.1) is 0 Å². The van der Waals surface area contributed by atoms with Crippen molar-refractivity contribution in [2.75, 3.05) is 19.6 Å². The molecule has 1 aliphatic heterocycles. The molecule has 1 fully saturated rings. The van der Waals surface area contributed by atoms with Crippen LogP contribution in [0.4, 0.5) is 0 Å². The molecule has 0 bridgehead atoms. The topological polar surface area (TPSA) is 42.4 Å². The predicted octanol–water partition coefficient (Wildman–Crippen LogP) is 4.33. The van der Waals surface area contributed by atoms with Crippen LogP contribution in [-0.4, -0.2) is 41.9 Å². The van der Waals surface area contributed by atoms with Crippen LogP contribution in [0, 0.1) is 0 Å². The lowest BCUT2D eigenvalue weighted by Gasteiger charge is -2.31. The minimum atomic E-state index is 0.252. The van der Waals surface area contributed by atoms with Crippen molar-refractivity contribution >= 4 is 17.2 Å². The van der Waals surface area contributed by atoms with Gasteiger partial charge in [0.15, 0.2) is 0 Å². The third-order valence-corrected chi connectivity index (χ3v) is 5.15. The van der Waals surface area contributed by atoms with Crippen molar-refractivity contribution in [3.8, 4) is 17.0 Å². The van der Waals surface area contributed by atoms with Gasteiger partial charge >= 0.3 is 0 Å². The first-order valence-electron chi connectivity index (χ1n) is 9.61. The Labute approximate surface area is 159 Å². The number of ether oxygens (including phenoxy) is 1. The fourth-order valence-electron chi connectivity index (χ4n) is 3.61. The molecule has 0 aliphatic carbocycles. The lowest BCUT2D eigenvalue weighted by Crippen LogP contribution is -2.38. The average molecular weight is 360 g/mol. The van der Waals surface area contributed by atoms with Crippen molar-refractivity contribution in [2.24, 2.45) is 0 Å². The first kappa shape index (κ1) is 17.7. The summed E-state index contributed by atoms with van der Waals surface area (Å²) in [5, 5.41) is 1.15. The number of fused-ring (bicyclic) bond motifs is 1. The highest BCUT2D eigenvalue weighted by Gasteiger charge is 2.20. The molecule has 2 aromatic carbocycles. The molecule has 1 aliphatic rings. The molecule has 0 unspecified atom stereocenters. The van der Waals surface area contributed by atoms with Crippen LogP contribution >= 0.6 is 0 Å². The normalized spacial score (nSPS) is 15.7. The van der Waals surface area contributed by atoms with E-state index in [2.05, 4.69) is 35.2 Å². The smallest absolute Gasteiger partial charge is 0.121 e. The third kappa shape index (κ3) is 4.34. The van der Waals surface area contributed by atoms with Gasteiger partial charge in [-0.25, -0.2) is 4.98 Å². The summed E-state index contributed by atoms with van der Waals surface area (Å²) in [6, 6.07) is 20.6. The molecule has 1 aromatic heterocycles. The van der Waals surface area contributed by atoms with Crippen molar-refractivity contribution in [1.29, 1.82) is 0 Å². The SMILES string of the molecule is O=CCCN1CCC(Oc2ccc(-c3ccc4ccccc4n3)cc2)CC1. The molecule has 0 spiro atoms. The molecular formula is C23H24N2O2. The van der Waals surface area contributed by atoms with Crippen LogP contribution < -0.4 is 4.74 Å². The van der Waals surface area contributed by atoms with E-state index in [-0.39, 0.29) is 6.10 Å². The van der Waals surface area contributed by atoms with Gasteiger partial charge in [-0.3, -0.25) is 0 Å². The summed E-state index contributed by atoms with van der Waals surface area (Å²) >= 11 is 0. The highest BCUT2D eigenvalue weighted by Crippen LogP contribution is 2.25. The number of pyridine rings is 1. The van der Waals surface area contributed by atoms with Gasteiger partial charge in [0.25, 0.3) is 0 Å². The van der Waals surface area contributed by atoms with Crippen LogP contribution in [0.15, 0.2) is 60.7 Å². The Kier molecular flexibility index (Phi) is 5.45. The van der Waals surface area contributed by atoms with E-state index in [4.69, 9.17) is 9.72 Å². The molecule has 138 valence electrons. The number of aldehydes is 1. The first-order valence-corrected chi connectivity index (χ1v) is 9.61. The quantitative estimate of drug-likeness (QED) is 0.614. The largest absolute Gasteiger partial charge is 0.490 e. The summed E-state index contributed by atoms with van der Waals surface area (Å²) in [5.41, 5.74) is 3.08. The van der Waals surface area contributed by atoms with Gasteiger partial charge in [0.05, 0.1) is 11.2 Å². The molecule has 4 nitrogen and oxygen atoms in total. The molecule has 3 aromatic rings. The number of likely N-dealkylation sites (tertiary alicyclic amines) is 1. The van der Waals surface area contributed by atoms with Gasteiger partial charge in [0, 0.05) is 37.0 Å². The number of piperidine rings is 1. The molecule has 4 rings (SSSR count). The Morgan fingerprint density at radius 2 is 1.78 bits per heavy atom. The van der Waals surface area contributed by atoms with Crippen LogP contribution in [0.5, 0.6) is 5.75 Å². The minimum Gasteiger partial charge on any atom is -0.490 e. The van der Waals surface area contributed by atoms with E-state index < -0.39 is 0 Å². The number of rotatable bonds is 6. The van der Waals surface area contributed by atoms with Gasteiger partial charge < -0.3 is 14.4 Å². The van der Waals surface area contributed by atoms with Crippen molar-refractivity contribution < 1.29 is 9.53 Å². The lowest BCUT2D eigenvalue weighted by molar-refractivity contribution is -0.108. The second-order valence-electron chi connectivity index (χ2n) is 7.03. The minimum absolute atomic E-state index is 0.252. The monoisotopic (exact) mass is 360 g/mol. The molecule has 1 saturated heterocycles. The number of aromatic nitrogens is 1. The maximum Gasteiger partial charge on any atom is 0.121 e. The molecular weight excluding hydrogens is 336 g/mol. The van der Waals surface area contributed by atoms with Crippen LogP contribution in [0.25, 0.3) is 22.2 Å². The molecule has 4 heteroatoms. The first-order chi connectivity index (χ1) is 13.3. The summed E-state index contributed by atoms with van der Waals surface area (Å²) in [7, 11) is 0. The maximum absolute atomic E-state index is 10.5. The summed E-state index contributed by atoms with van der Waals surface area (Å²) in [6.07, 6.45) is 3.88. The summed E-state index contributed by atoms with van der Waals surface area (Å²) in [4.78, 5) is 17.6. The number of hydrogen-bond donors (Lipinski definition) is 0. The molecule has 0 amide bonds. The zero-order valence-electron chi connectivity index (χ0n) is 15.4. The van der Waals surface area contributed by atoms with Gasteiger partial charge in [0.1, 0.15) is 18.1 Å². The van der Waals surface area contributed by atoms with Crippen molar-refractivity contribution in [3.63, 3.8) is 0 Å². The van der Waals surface area contributed by atoms with Crippen LogP contribution in [0.3, 0.4) is 0 Å². The van der Waals surface area contributed by atoms with E-state index in [9.17, 15) is 4.79 Å². The number of benzene rings is 2. The third-order valence-electron chi connectivity index (χ3n) is 5.15. The number of hydrogen-bond acceptors (Lipinski definition) is 4. The lowest BCUT2D eigenvalue weighted by atomic mass is 10.1. The molecule has 27 heavy (non-hydrogen) atoms. The fraction of sp³-hybridized carbons (Fsp3) is 0.304. The highest BCUT2D eigenvalue weighted by atomic mass is 16.5. The second kappa shape index (κ2) is 8.31. The highest BCUT2D eigenvalue weighted by molar-refractivity contribution is 5.81. The molecule has 2 heterocycles. The summed E-state index contributed by atoms with van der Waals surface area (Å²) in [5.74, 6) is 0.908. The molecule has 0 N–H and O–H groups in total. The van der Waals surface area contributed by atoms with Crippen molar-refractivity contribution in [3.05, 3.63) is 60.7 Å². The van der Waals surface area contributed by atoms with Crippen molar-refractivity contribution in [2.45, 2.75) is 25.4 Å². The Bertz CT molecular complexity index is 900. The Hall–Kier alpha value is -2.72. The number of nitrogens with zero attached hydrogens (tertiary/aromatic N) is 2. The average Bonchev–Trinajstić information content (AvgIpc) is 2.73. The molecule has 0 saturated carbocycles. The van der Waals surface area contributed by atoms with E-state index in [1.165, 1.54) is 0 Å². The number of para-hydroxylation sites is 1. The summed E-state index contributed by atoms with van der Waals surface area (Å²) < 4.78 is 6.15. The van der Waals surface area contributed by atoms with E-state index in [1.807, 2.05) is 30.3 Å². The zero-order chi connectivity index (χ0) is 18.5. The summed E-state index contributed by atoms with van der Waals surface area (Å²) in [6.45, 7) is 2.86. The Balaban J connectivity index is 1.38. The van der Waals surface area contributed by atoms with Gasteiger partial charge in [-0.05, 0) is 49.2 Å². The zero-order valence-corrected chi connectivity index (χ0v) is 15.4.